The number of nitrogens with one attached hydrogen (secondary N) is 2. The number of carbonyl (C=O) groups excluding carboxylic acids is 1. The first kappa shape index (κ1) is 14.9. The van der Waals surface area contributed by atoms with Crippen LogP contribution in [0.4, 0.5) is 10.8 Å². The average molecular weight is 338 g/mol. The van der Waals surface area contributed by atoms with Crippen LogP contribution in [-0.4, -0.2) is 30.8 Å². The van der Waals surface area contributed by atoms with Crippen LogP contribution in [0.3, 0.4) is 0 Å². The molecule has 3 rings (SSSR count). The maximum absolute atomic E-state index is 12.2. The normalized spacial score (nSPS) is 14.6. The predicted molar refractivity (Wildman–Crippen MR) is 84.7 cm³/mol. The van der Waals surface area contributed by atoms with Gasteiger partial charge in [-0.15, -0.1) is 10.2 Å². The van der Waals surface area contributed by atoms with Crippen molar-refractivity contribution in [2.45, 2.75) is 18.8 Å². The van der Waals surface area contributed by atoms with Gasteiger partial charge in [0.05, 0.1) is 6.26 Å². The van der Waals surface area contributed by atoms with Crippen molar-refractivity contribution in [3.63, 3.8) is 0 Å². The summed E-state index contributed by atoms with van der Waals surface area (Å²) in [5.41, 5.74) is 0.683. The fraction of sp³-hybridized carbons (Fsp3) is 0.308. The van der Waals surface area contributed by atoms with E-state index in [1.165, 1.54) is 17.4 Å². The van der Waals surface area contributed by atoms with E-state index in [2.05, 4.69) is 20.2 Å². The van der Waals surface area contributed by atoms with Gasteiger partial charge in [0, 0.05) is 17.2 Å². The van der Waals surface area contributed by atoms with Gasteiger partial charge >= 0.3 is 0 Å². The van der Waals surface area contributed by atoms with Crippen LogP contribution in [0.25, 0.3) is 0 Å². The Hall–Kier alpha value is -2.00. The van der Waals surface area contributed by atoms with Gasteiger partial charge in [-0.2, -0.15) is 0 Å². The summed E-state index contributed by atoms with van der Waals surface area (Å²) in [7, 11) is -3.38. The number of amides is 1. The zero-order valence-corrected chi connectivity index (χ0v) is 13.4. The average Bonchev–Trinajstić information content (AvgIpc) is 3.18. The van der Waals surface area contributed by atoms with E-state index < -0.39 is 10.0 Å². The molecule has 0 atom stereocenters. The number of anilines is 2. The smallest absolute Gasteiger partial charge is 0.257 e. The number of rotatable bonds is 5. The molecule has 0 bridgehead atoms. The van der Waals surface area contributed by atoms with E-state index in [4.69, 9.17) is 0 Å². The third kappa shape index (κ3) is 3.80. The molecule has 1 fully saturated rings. The number of aromatic nitrogens is 2. The molecule has 116 valence electrons. The van der Waals surface area contributed by atoms with Gasteiger partial charge in [-0.1, -0.05) is 17.4 Å². The van der Waals surface area contributed by atoms with Gasteiger partial charge in [0.2, 0.25) is 15.2 Å². The Labute approximate surface area is 131 Å². The van der Waals surface area contributed by atoms with Crippen molar-refractivity contribution in [1.82, 2.24) is 10.2 Å². The summed E-state index contributed by atoms with van der Waals surface area (Å²) >= 11 is 1.38. The lowest BCUT2D eigenvalue weighted by molar-refractivity contribution is 0.102. The van der Waals surface area contributed by atoms with Gasteiger partial charge in [-0.3, -0.25) is 14.8 Å². The number of carbonyl (C=O) groups is 1. The molecule has 1 aromatic heterocycles. The minimum atomic E-state index is -3.38. The second-order valence-electron chi connectivity index (χ2n) is 5.13. The van der Waals surface area contributed by atoms with Gasteiger partial charge in [-0.05, 0) is 31.0 Å². The van der Waals surface area contributed by atoms with Crippen molar-refractivity contribution in [3.05, 3.63) is 34.8 Å². The SMILES string of the molecule is CS(=O)(=O)Nc1cccc(C(=O)Nc2nnc(C3CC3)s2)c1. The molecule has 1 amide bonds. The van der Waals surface area contributed by atoms with E-state index in [0.717, 1.165) is 24.1 Å². The van der Waals surface area contributed by atoms with Crippen LogP contribution in [-0.2, 0) is 10.0 Å². The van der Waals surface area contributed by atoms with Crippen LogP contribution in [0, 0.1) is 0 Å². The largest absolute Gasteiger partial charge is 0.296 e. The molecule has 1 saturated carbocycles. The highest BCUT2D eigenvalue weighted by atomic mass is 32.2. The summed E-state index contributed by atoms with van der Waals surface area (Å²) in [6.07, 6.45) is 3.31. The molecule has 0 unspecified atom stereocenters. The predicted octanol–water partition coefficient (Wildman–Crippen LogP) is 2.04. The summed E-state index contributed by atoms with van der Waals surface area (Å²) in [5.74, 6) is 0.140. The fourth-order valence-corrected chi connectivity index (χ4v) is 3.35. The Balaban J connectivity index is 1.72. The van der Waals surface area contributed by atoms with Crippen LogP contribution in [0.1, 0.15) is 34.1 Å². The maximum Gasteiger partial charge on any atom is 0.257 e. The van der Waals surface area contributed by atoms with E-state index in [-0.39, 0.29) is 5.91 Å². The molecule has 0 aliphatic heterocycles. The highest BCUT2D eigenvalue weighted by molar-refractivity contribution is 7.92. The molecular weight excluding hydrogens is 324 g/mol. The minimum Gasteiger partial charge on any atom is -0.296 e. The first-order valence-electron chi connectivity index (χ1n) is 6.63. The second-order valence-corrected chi connectivity index (χ2v) is 7.89. The molecule has 7 nitrogen and oxygen atoms in total. The fourth-order valence-electron chi connectivity index (χ4n) is 1.89. The molecule has 2 N–H and O–H groups in total. The van der Waals surface area contributed by atoms with Gasteiger partial charge in [0.25, 0.3) is 5.91 Å². The van der Waals surface area contributed by atoms with Crippen molar-refractivity contribution >= 4 is 38.1 Å². The van der Waals surface area contributed by atoms with Crippen molar-refractivity contribution in [2.24, 2.45) is 0 Å². The highest BCUT2D eigenvalue weighted by Gasteiger charge is 2.27. The maximum atomic E-state index is 12.2. The lowest BCUT2D eigenvalue weighted by atomic mass is 10.2. The molecular formula is C13H14N4O3S2. The van der Waals surface area contributed by atoms with E-state index in [9.17, 15) is 13.2 Å². The molecule has 0 saturated heterocycles. The molecule has 9 heteroatoms. The topological polar surface area (TPSA) is 101 Å². The summed E-state index contributed by atoms with van der Waals surface area (Å²) < 4.78 is 24.8. The Morgan fingerprint density at radius 3 is 2.77 bits per heavy atom. The summed E-state index contributed by atoms with van der Waals surface area (Å²) in [6, 6.07) is 6.26. The standard InChI is InChI=1S/C13H14N4O3S2/c1-22(19,20)17-10-4-2-3-9(7-10)11(18)14-13-16-15-12(21-13)8-5-6-8/h2-4,7-8,17H,5-6H2,1H3,(H,14,16,18). The number of hydrogen-bond donors (Lipinski definition) is 2. The summed E-state index contributed by atoms with van der Waals surface area (Å²) in [5, 5.41) is 12.1. The molecule has 1 aromatic carbocycles. The van der Waals surface area contributed by atoms with Crippen LogP contribution in [0.15, 0.2) is 24.3 Å². The van der Waals surface area contributed by atoms with Crippen LogP contribution in [0.2, 0.25) is 0 Å². The highest BCUT2D eigenvalue weighted by Crippen LogP contribution is 2.42. The summed E-state index contributed by atoms with van der Waals surface area (Å²) in [4.78, 5) is 12.2. The first-order valence-corrected chi connectivity index (χ1v) is 9.34. The van der Waals surface area contributed by atoms with E-state index in [1.807, 2.05) is 0 Å². The van der Waals surface area contributed by atoms with Crippen molar-refractivity contribution < 1.29 is 13.2 Å². The molecule has 1 aliphatic carbocycles. The lowest BCUT2D eigenvalue weighted by Gasteiger charge is -2.06. The molecule has 1 aliphatic rings. The van der Waals surface area contributed by atoms with E-state index in [1.54, 1.807) is 18.2 Å². The quantitative estimate of drug-likeness (QED) is 0.869. The number of hydrogen-bond acceptors (Lipinski definition) is 6. The third-order valence-electron chi connectivity index (χ3n) is 3.02. The molecule has 2 aromatic rings. The zero-order valence-electron chi connectivity index (χ0n) is 11.7. The summed E-state index contributed by atoms with van der Waals surface area (Å²) in [6.45, 7) is 0. The van der Waals surface area contributed by atoms with Crippen molar-refractivity contribution in [3.8, 4) is 0 Å². The van der Waals surface area contributed by atoms with E-state index in [0.29, 0.717) is 22.3 Å². The Kier molecular flexibility index (Phi) is 3.83. The van der Waals surface area contributed by atoms with Crippen molar-refractivity contribution in [2.75, 3.05) is 16.3 Å². The zero-order chi connectivity index (χ0) is 15.7. The molecule has 0 radical (unpaired) electrons. The van der Waals surface area contributed by atoms with Gasteiger partial charge in [0.15, 0.2) is 0 Å². The number of nitrogens with zero attached hydrogens (tertiary/aromatic N) is 2. The molecule has 0 spiro atoms. The Morgan fingerprint density at radius 2 is 2.09 bits per heavy atom. The number of benzene rings is 1. The van der Waals surface area contributed by atoms with Crippen LogP contribution >= 0.6 is 11.3 Å². The van der Waals surface area contributed by atoms with E-state index >= 15 is 0 Å². The number of sulfonamides is 1. The third-order valence-corrected chi connectivity index (χ3v) is 4.62. The molecule has 22 heavy (non-hydrogen) atoms. The monoisotopic (exact) mass is 338 g/mol. The molecule has 1 heterocycles. The second kappa shape index (κ2) is 5.65. The van der Waals surface area contributed by atoms with Crippen molar-refractivity contribution in [1.29, 1.82) is 0 Å². The van der Waals surface area contributed by atoms with Crippen LogP contribution in [0.5, 0.6) is 0 Å². The lowest BCUT2D eigenvalue weighted by Crippen LogP contribution is -2.13. The minimum absolute atomic E-state index is 0.339. The van der Waals surface area contributed by atoms with Gasteiger partial charge < -0.3 is 0 Å². The van der Waals surface area contributed by atoms with Gasteiger partial charge in [0.1, 0.15) is 5.01 Å². The van der Waals surface area contributed by atoms with Crippen LogP contribution < -0.4 is 10.0 Å². The van der Waals surface area contributed by atoms with Gasteiger partial charge in [-0.25, -0.2) is 8.42 Å². The first-order chi connectivity index (χ1) is 10.4. The Morgan fingerprint density at radius 1 is 1.32 bits per heavy atom. The Bertz CT molecular complexity index is 812.